The summed E-state index contributed by atoms with van der Waals surface area (Å²) < 4.78 is 19.5. The summed E-state index contributed by atoms with van der Waals surface area (Å²) in [5, 5.41) is 16.8. The quantitative estimate of drug-likeness (QED) is 0.495. The lowest BCUT2D eigenvalue weighted by Gasteiger charge is -2.06. The zero-order valence-corrected chi connectivity index (χ0v) is 11.3. The largest absolute Gasteiger partial charge is 0.486 e. The number of nitrogen functional groups attached to an aromatic ring is 1. The van der Waals surface area contributed by atoms with E-state index in [-0.39, 0.29) is 12.4 Å². The van der Waals surface area contributed by atoms with Crippen LogP contribution in [0.4, 0.5) is 4.39 Å². The summed E-state index contributed by atoms with van der Waals surface area (Å²) in [6.45, 7) is 0.133. The molecule has 0 saturated carbocycles. The molecule has 20 heavy (non-hydrogen) atoms. The summed E-state index contributed by atoms with van der Waals surface area (Å²) in [6.07, 6.45) is 0.416. The fourth-order valence-electron chi connectivity index (χ4n) is 1.37. The van der Waals surface area contributed by atoms with Gasteiger partial charge < -0.3 is 10.6 Å². The molecule has 6 nitrogen and oxygen atoms in total. The minimum atomic E-state index is -0.324. The number of nitrogens with zero attached hydrogens (tertiary/aromatic N) is 4. The molecule has 8 heteroatoms. The van der Waals surface area contributed by atoms with Crippen LogP contribution in [-0.4, -0.2) is 20.6 Å². The Bertz CT molecular complexity index is 607. The second-order valence-corrected chi connectivity index (χ2v) is 4.83. The van der Waals surface area contributed by atoms with Gasteiger partial charge in [-0.15, -0.1) is 10.2 Å². The van der Waals surface area contributed by atoms with E-state index in [1.54, 1.807) is 0 Å². The van der Waals surface area contributed by atoms with Crippen molar-refractivity contribution in [3.63, 3.8) is 0 Å². The monoisotopic (exact) mass is 293 g/mol. The molecule has 1 heterocycles. The van der Waals surface area contributed by atoms with Gasteiger partial charge >= 0.3 is 0 Å². The highest BCUT2D eigenvalue weighted by molar-refractivity contribution is 7.99. The van der Waals surface area contributed by atoms with Gasteiger partial charge in [0.1, 0.15) is 18.2 Å². The number of thioether (sulfide) groups is 1. The fourth-order valence-corrected chi connectivity index (χ4v) is 2.09. The summed E-state index contributed by atoms with van der Waals surface area (Å²) in [5.41, 5.74) is 0. The summed E-state index contributed by atoms with van der Waals surface area (Å²) >= 11 is 1.35. The van der Waals surface area contributed by atoms with Crippen LogP contribution in [0.5, 0.6) is 5.75 Å². The first-order valence-electron chi connectivity index (χ1n) is 5.78. The second kappa shape index (κ2) is 6.77. The number of aromatic nitrogens is 3. The molecule has 0 fully saturated rings. The molecule has 0 radical (unpaired) electrons. The highest BCUT2D eigenvalue weighted by Gasteiger charge is 2.10. The first-order valence-corrected chi connectivity index (χ1v) is 6.76. The molecule has 1 aromatic carbocycles. The number of ether oxygens (including phenoxy) is 1. The van der Waals surface area contributed by atoms with Gasteiger partial charge in [0.15, 0.2) is 5.82 Å². The molecule has 2 N–H and O–H groups in total. The van der Waals surface area contributed by atoms with Crippen LogP contribution in [-0.2, 0) is 6.61 Å². The van der Waals surface area contributed by atoms with Gasteiger partial charge in [-0.25, -0.2) is 9.07 Å². The molecular weight excluding hydrogens is 281 g/mol. The third-order valence-electron chi connectivity index (χ3n) is 2.36. The van der Waals surface area contributed by atoms with Crippen LogP contribution in [0, 0.1) is 17.1 Å². The van der Waals surface area contributed by atoms with Gasteiger partial charge in [-0.2, -0.15) is 5.26 Å². The van der Waals surface area contributed by atoms with Crippen LogP contribution in [0.2, 0.25) is 0 Å². The van der Waals surface area contributed by atoms with Gasteiger partial charge in [-0.3, -0.25) is 0 Å². The lowest BCUT2D eigenvalue weighted by Crippen LogP contribution is -2.15. The van der Waals surface area contributed by atoms with Gasteiger partial charge in [-0.05, 0) is 24.3 Å². The number of hydrogen-bond acceptors (Lipinski definition) is 6. The first-order chi connectivity index (χ1) is 9.70. The maximum absolute atomic E-state index is 12.7. The van der Waals surface area contributed by atoms with Crippen LogP contribution >= 0.6 is 11.8 Å². The molecular formula is C12H12FN5OS. The van der Waals surface area contributed by atoms with E-state index in [1.165, 1.54) is 40.7 Å². The minimum absolute atomic E-state index is 0.133. The molecule has 0 aliphatic heterocycles. The van der Waals surface area contributed by atoms with Crippen LogP contribution < -0.4 is 10.6 Å². The number of benzene rings is 1. The van der Waals surface area contributed by atoms with Gasteiger partial charge in [0, 0.05) is 12.2 Å². The first kappa shape index (κ1) is 14.1. The number of nitrogens with two attached hydrogens (primary N) is 1. The highest BCUT2D eigenvalue weighted by Crippen LogP contribution is 2.17. The van der Waals surface area contributed by atoms with Crippen LogP contribution in [0.1, 0.15) is 12.2 Å². The highest BCUT2D eigenvalue weighted by atomic mass is 32.2. The van der Waals surface area contributed by atoms with Crippen molar-refractivity contribution in [3.8, 4) is 11.8 Å². The molecule has 0 atom stereocenters. The molecule has 0 saturated heterocycles. The van der Waals surface area contributed by atoms with Crippen molar-refractivity contribution in [1.82, 2.24) is 14.9 Å². The second-order valence-electron chi connectivity index (χ2n) is 3.77. The van der Waals surface area contributed by atoms with Crippen LogP contribution in [0.15, 0.2) is 29.4 Å². The molecule has 0 aliphatic rings. The lowest BCUT2D eigenvalue weighted by molar-refractivity contribution is 0.291. The SMILES string of the molecule is N#CCCSc1nnc(COc2ccc(F)cc2)n1N. The van der Waals surface area contributed by atoms with Gasteiger partial charge in [-0.1, -0.05) is 11.8 Å². The minimum Gasteiger partial charge on any atom is -0.486 e. The van der Waals surface area contributed by atoms with E-state index in [0.717, 1.165) is 0 Å². The Kier molecular flexibility index (Phi) is 4.79. The normalized spacial score (nSPS) is 10.2. The van der Waals surface area contributed by atoms with E-state index in [1.807, 2.05) is 6.07 Å². The Hall–Kier alpha value is -2.27. The Morgan fingerprint density at radius 3 is 2.80 bits per heavy atom. The maximum atomic E-state index is 12.7. The summed E-state index contributed by atoms with van der Waals surface area (Å²) in [7, 11) is 0. The number of halogens is 1. The van der Waals surface area contributed by atoms with E-state index >= 15 is 0 Å². The zero-order chi connectivity index (χ0) is 14.4. The smallest absolute Gasteiger partial charge is 0.209 e. The van der Waals surface area contributed by atoms with Gasteiger partial charge in [0.2, 0.25) is 5.16 Å². The number of hydrogen-bond donors (Lipinski definition) is 1. The Morgan fingerprint density at radius 1 is 1.35 bits per heavy atom. The van der Waals surface area contributed by atoms with E-state index in [9.17, 15) is 4.39 Å². The summed E-state index contributed by atoms with van der Waals surface area (Å²) in [4.78, 5) is 0. The van der Waals surface area contributed by atoms with Gasteiger partial charge in [0.25, 0.3) is 0 Å². The molecule has 2 rings (SSSR count). The molecule has 104 valence electrons. The van der Waals surface area contributed by atoms with Crippen molar-refractivity contribution in [2.75, 3.05) is 11.6 Å². The predicted molar refractivity (Wildman–Crippen MR) is 71.9 cm³/mol. The molecule has 2 aromatic rings. The Labute approximate surface area is 119 Å². The average Bonchev–Trinajstić information content (AvgIpc) is 2.80. The van der Waals surface area contributed by atoms with Crippen molar-refractivity contribution in [2.45, 2.75) is 18.2 Å². The average molecular weight is 293 g/mol. The molecule has 0 bridgehead atoms. The van der Waals surface area contributed by atoms with Crippen LogP contribution in [0.3, 0.4) is 0 Å². The molecule has 1 aromatic heterocycles. The standard InChI is InChI=1S/C12H12FN5OS/c13-9-2-4-10(5-3-9)19-8-11-16-17-12(18(11)15)20-7-1-6-14/h2-5H,1,7-8,15H2. The molecule has 0 amide bonds. The fraction of sp³-hybridized carbons (Fsp3) is 0.250. The van der Waals surface area contributed by atoms with E-state index < -0.39 is 0 Å². The summed E-state index contributed by atoms with van der Waals surface area (Å²) in [6, 6.07) is 7.71. The number of rotatable bonds is 6. The van der Waals surface area contributed by atoms with Crippen molar-refractivity contribution < 1.29 is 9.13 Å². The van der Waals surface area contributed by atoms with Gasteiger partial charge in [0.05, 0.1) is 6.07 Å². The zero-order valence-electron chi connectivity index (χ0n) is 10.5. The Balaban J connectivity index is 1.93. The third-order valence-corrected chi connectivity index (χ3v) is 3.31. The molecule has 0 spiro atoms. The molecule has 0 unspecified atom stereocenters. The summed E-state index contributed by atoms with van der Waals surface area (Å²) in [5.74, 6) is 7.07. The van der Waals surface area contributed by atoms with E-state index in [2.05, 4.69) is 10.2 Å². The predicted octanol–water partition coefficient (Wildman–Crippen LogP) is 1.72. The molecule has 0 aliphatic carbocycles. The van der Waals surface area contributed by atoms with Crippen molar-refractivity contribution in [2.24, 2.45) is 0 Å². The van der Waals surface area contributed by atoms with Crippen molar-refractivity contribution >= 4 is 11.8 Å². The van der Waals surface area contributed by atoms with E-state index in [4.69, 9.17) is 15.8 Å². The van der Waals surface area contributed by atoms with Crippen molar-refractivity contribution in [3.05, 3.63) is 35.9 Å². The topological polar surface area (TPSA) is 89.8 Å². The number of nitriles is 1. The van der Waals surface area contributed by atoms with E-state index in [0.29, 0.717) is 28.9 Å². The Morgan fingerprint density at radius 2 is 2.10 bits per heavy atom. The third kappa shape index (κ3) is 3.61. The lowest BCUT2D eigenvalue weighted by atomic mass is 10.3. The van der Waals surface area contributed by atoms with Crippen molar-refractivity contribution in [1.29, 1.82) is 5.26 Å². The maximum Gasteiger partial charge on any atom is 0.209 e. The van der Waals surface area contributed by atoms with Crippen LogP contribution in [0.25, 0.3) is 0 Å².